The van der Waals surface area contributed by atoms with Crippen molar-refractivity contribution in [2.45, 2.75) is 260 Å². The number of halogens is 2. The minimum absolute atomic E-state index is 0.241. The molecule has 0 saturated heterocycles. The normalized spacial score (nSPS) is 12.9. The fourth-order valence-corrected chi connectivity index (χ4v) is 7.52. The molecule has 0 bridgehead atoms. The Morgan fingerprint density at radius 3 is 0.934 bits per heavy atom. The van der Waals surface area contributed by atoms with Crippen molar-refractivity contribution in [3.05, 3.63) is 0 Å². The molecule has 0 saturated carbocycles. The van der Waals surface area contributed by atoms with Gasteiger partial charge in [0.25, 0.3) is 2.90 Å². The molecule has 0 aromatic rings. The molecule has 0 radical (unpaired) electrons. The number of amides is 10. The van der Waals surface area contributed by atoms with Crippen LogP contribution in [0.1, 0.15) is 223 Å². The maximum atomic E-state index is 13.9. The SMILES string of the molecule is CCCCC.CCCCC[C@H](NC(=O)CNC(C)=O)C(=O)N[C@@H](CCCCC)C(=O)N[C@@H](C)C(=O)NCC(=O)N[C@@H](CCCCC)C(=O)N[C@@H](CCCCC)C(=O)N[C@@H](CCCCC)C(=O)NCC(=O)NCCC.[3H]F.[3H]F. The third-order valence-electron chi connectivity index (χ3n) is 12.1. The van der Waals surface area contributed by atoms with E-state index in [0.29, 0.717) is 51.5 Å². The Kier molecular flexibility index (Phi) is 48.1. The second kappa shape index (κ2) is 50.4. The molecule has 10 N–H and O–H groups in total. The zero-order valence-corrected chi connectivity index (χ0v) is 48.1. The highest BCUT2D eigenvalue weighted by molar-refractivity contribution is 5.97. The molecule has 0 rings (SSSR count). The molecule has 20 nitrogen and oxygen atoms in total. The molecule has 0 heterocycles. The number of nitrogens with one attached hydrogen (secondary N) is 10. The van der Waals surface area contributed by atoms with Gasteiger partial charge in [0.05, 0.1) is 19.6 Å². The van der Waals surface area contributed by atoms with Gasteiger partial charge in [0.15, 0.2) is 0 Å². The average molecular weight is 1100 g/mol. The molecule has 0 fully saturated rings. The van der Waals surface area contributed by atoms with E-state index in [1.54, 1.807) is 0 Å². The van der Waals surface area contributed by atoms with Crippen LogP contribution in [0.2, 0.25) is 0 Å². The monoisotopic (exact) mass is 1090 g/mol. The maximum Gasteiger partial charge on any atom is 0.269 e. The molecule has 6 atom stereocenters. The van der Waals surface area contributed by atoms with E-state index in [0.717, 1.165) is 70.6 Å². The first-order valence-electron chi connectivity index (χ1n) is 29.0. The second-order valence-corrected chi connectivity index (χ2v) is 19.2. The Morgan fingerprint density at radius 1 is 0.329 bits per heavy atom. The summed E-state index contributed by atoms with van der Waals surface area (Å²) >= 11 is 0. The molecule has 76 heavy (non-hydrogen) atoms. The van der Waals surface area contributed by atoms with E-state index in [2.05, 4.69) is 69.9 Å². The molecule has 22 heteroatoms. The van der Waals surface area contributed by atoms with Gasteiger partial charge >= 0.3 is 0 Å². The summed E-state index contributed by atoms with van der Waals surface area (Å²) in [6.07, 6.45) is 17.6. The summed E-state index contributed by atoms with van der Waals surface area (Å²) in [5.41, 5.74) is 0. The summed E-state index contributed by atoms with van der Waals surface area (Å²) < 4.78 is 26.0. The van der Waals surface area contributed by atoms with Gasteiger partial charge in [-0.05, 0) is 45.4 Å². The first kappa shape index (κ1) is 72.6. The van der Waals surface area contributed by atoms with Crippen LogP contribution in [0.4, 0.5) is 9.44 Å². The lowest BCUT2D eigenvalue weighted by Gasteiger charge is -2.26. The van der Waals surface area contributed by atoms with Crippen LogP contribution in [-0.4, -0.2) is 124 Å². The van der Waals surface area contributed by atoms with Crippen molar-refractivity contribution in [1.82, 2.24) is 53.2 Å². The topological polar surface area (TPSA) is 291 Å². The highest BCUT2D eigenvalue weighted by Crippen LogP contribution is 2.11. The lowest BCUT2D eigenvalue weighted by molar-refractivity contribution is -0.135. The summed E-state index contributed by atoms with van der Waals surface area (Å²) in [4.78, 5) is 131. The summed E-state index contributed by atoms with van der Waals surface area (Å²) in [5.74, 6) is -5.53. The maximum absolute atomic E-state index is 13.9. The highest BCUT2D eigenvalue weighted by atomic mass is 19.0. The number of unbranched alkanes of at least 4 members (excludes halogenated alkanes) is 12. The van der Waals surface area contributed by atoms with Crippen LogP contribution < -0.4 is 53.2 Å². The second-order valence-electron chi connectivity index (χ2n) is 19.2. The lowest BCUT2D eigenvalue weighted by Crippen LogP contribution is -2.58. The first-order chi connectivity index (χ1) is 37.4. The van der Waals surface area contributed by atoms with Gasteiger partial charge in [0.1, 0.15) is 36.3 Å². The molecule has 0 spiro atoms. The fraction of sp³-hybridized carbons (Fsp3) is 0.815. The fourth-order valence-electron chi connectivity index (χ4n) is 7.52. The summed E-state index contributed by atoms with van der Waals surface area (Å²) in [5, 5.41) is 26.6. The van der Waals surface area contributed by atoms with Crippen molar-refractivity contribution in [2.24, 2.45) is 0 Å². The van der Waals surface area contributed by atoms with Crippen LogP contribution in [0, 0.1) is 0 Å². The predicted molar refractivity (Wildman–Crippen MR) is 296 cm³/mol. The van der Waals surface area contributed by atoms with E-state index in [9.17, 15) is 47.9 Å². The number of hydrogen-bond donors (Lipinski definition) is 10. The van der Waals surface area contributed by atoms with Crippen LogP contribution in [0.5, 0.6) is 0 Å². The standard InChI is InChI=1S/C49H90N10O10.C5H12.2FH/c1-9-15-20-25-36(45(65)53-31-41(61)50-30-14-6)57-49(69)40(29-24-19-13-5)59-48(68)38(27-22-17-11-3)56-43(63)33-52-44(64)34(7)54-46(66)39(28-23-18-12-4)58-47(67)37(26-21-16-10-2)55-42(62)32-51-35(8)60;1-3-5-4-2;;/h34,36-40H,9-33H2,1-8H3,(H,50,61)(H,51,60)(H,52,64)(H,53,65)(H,54,66)(H,55,62)(H,56,63)(H,57,69)(H,58,67)(H,59,68);3-5H2,1-2H3;2*1H/t34-,36-,37-,38-,39-,40-;;;/m0.../s1/i/hT2. The van der Waals surface area contributed by atoms with Crippen molar-refractivity contribution in [3.8, 4) is 0 Å². The molecular weight excluding hydrogens is 987 g/mol. The van der Waals surface area contributed by atoms with Crippen LogP contribution in [0.25, 0.3) is 0 Å². The van der Waals surface area contributed by atoms with E-state index < -0.39 is 96.0 Å². The van der Waals surface area contributed by atoms with Crippen LogP contribution in [0.3, 0.4) is 0 Å². The molecule has 0 aliphatic rings. The average Bonchev–Trinajstić information content (AvgIpc) is 3.42. The van der Waals surface area contributed by atoms with E-state index in [1.165, 1.54) is 33.1 Å². The third-order valence-corrected chi connectivity index (χ3v) is 12.1. The van der Waals surface area contributed by atoms with E-state index in [4.69, 9.17) is 9.44 Å². The smallest absolute Gasteiger partial charge is 0.269 e. The van der Waals surface area contributed by atoms with Crippen molar-refractivity contribution >= 4 is 59.1 Å². The Morgan fingerprint density at radius 2 is 0.618 bits per heavy atom. The highest BCUT2D eigenvalue weighted by Gasteiger charge is 2.31. The van der Waals surface area contributed by atoms with Gasteiger partial charge in [0.2, 0.25) is 59.1 Å². The predicted octanol–water partition coefficient (Wildman–Crippen LogP) is 5.21. The largest absolute Gasteiger partial charge is 0.355 e. The minimum atomic E-state index is -1.13. The molecule has 0 aromatic heterocycles. The third kappa shape index (κ3) is 39.9. The Balaban J connectivity index is -0.00000283. The van der Waals surface area contributed by atoms with Crippen LogP contribution in [0.15, 0.2) is 0 Å². The lowest BCUT2D eigenvalue weighted by atomic mass is 10.0. The zero-order valence-electron chi connectivity index (χ0n) is 50.1. The van der Waals surface area contributed by atoms with Crippen molar-refractivity contribution in [1.29, 1.82) is 2.90 Å². The van der Waals surface area contributed by atoms with E-state index >= 15 is 0 Å². The quantitative estimate of drug-likeness (QED) is 0.0356. The van der Waals surface area contributed by atoms with Gasteiger partial charge in [-0.1, -0.05) is 171 Å². The number of rotatable bonds is 42. The summed E-state index contributed by atoms with van der Waals surface area (Å²) in [6, 6.07) is -6.15. The summed E-state index contributed by atoms with van der Waals surface area (Å²) in [7, 11) is 0. The number of hydrogen-bond acceptors (Lipinski definition) is 10. The molecule has 10 amide bonds. The van der Waals surface area contributed by atoms with Gasteiger partial charge in [-0.2, -0.15) is 0 Å². The van der Waals surface area contributed by atoms with Crippen molar-refractivity contribution in [3.63, 3.8) is 0 Å². The number of carbonyl (C=O) groups is 10. The summed E-state index contributed by atoms with van der Waals surface area (Å²) in [6.45, 7) is 18.4. The molecule has 444 valence electrons. The molecule has 0 aliphatic carbocycles. The molecule has 0 aliphatic heterocycles. The van der Waals surface area contributed by atoms with Crippen molar-refractivity contribution < 1.29 is 57.4 Å². The minimum Gasteiger partial charge on any atom is -0.355 e. The van der Waals surface area contributed by atoms with Gasteiger partial charge in [-0.25, -0.2) is 0 Å². The van der Waals surface area contributed by atoms with Gasteiger partial charge in [0, 0.05) is 13.5 Å². The van der Waals surface area contributed by atoms with Crippen LogP contribution in [-0.2, 0) is 47.9 Å². The zero-order chi connectivity index (χ0) is 60.1. The van der Waals surface area contributed by atoms with E-state index in [-0.39, 0.29) is 38.3 Å². The molecular formula is C54H104F2N10O10. The Labute approximate surface area is 457 Å². The Hall–Kier alpha value is -5.44. The Bertz CT molecular complexity index is 1660. The number of carbonyl (C=O) groups excluding carboxylic acids is 10. The van der Waals surface area contributed by atoms with Gasteiger partial charge in [-0.15, -0.1) is 0 Å². The van der Waals surface area contributed by atoms with Gasteiger partial charge in [-0.3, -0.25) is 57.4 Å². The molecule has 0 unspecified atom stereocenters. The van der Waals surface area contributed by atoms with Gasteiger partial charge < -0.3 is 53.2 Å². The van der Waals surface area contributed by atoms with Crippen LogP contribution >= 0.6 is 0 Å². The molecule has 0 aromatic carbocycles. The van der Waals surface area contributed by atoms with E-state index in [1.807, 2.05) is 41.5 Å². The van der Waals surface area contributed by atoms with Crippen molar-refractivity contribution in [2.75, 3.05) is 26.2 Å². The first-order valence-corrected chi connectivity index (χ1v) is 28.3.